The molecule has 0 spiro atoms. The number of nitrogens with zero attached hydrogens (tertiary/aromatic N) is 3. The van der Waals surface area contributed by atoms with Gasteiger partial charge >= 0.3 is 29.2 Å². The van der Waals surface area contributed by atoms with Crippen molar-refractivity contribution < 1.29 is 61.4 Å². The Bertz CT molecular complexity index is 1650. The number of aliphatic imine (C=N–C) groups is 1. The highest BCUT2D eigenvalue weighted by molar-refractivity contribution is 7.66. The van der Waals surface area contributed by atoms with Gasteiger partial charge in [0.1, 0.15) is 18.3 Å². The second kappa shape index (κ2) is 14.0. The molecular formula is C22H28N3O15P3. The summed E-state index contributed by atoms with van der Waals surface area (Å²) in [6.07, 6.45) is -2.59. The van der Waals surface area contributed by atoms with Crippen LogP contribution in [-0.2, 0) is 38.1 Å². The van der Waals surface area contributed by atoms with Crippen LogP contribution in [0.25, 0.3) is 5.57 Å². The number of hydrogen-bond donors (Lipinski definition) is 6. The van der Waals surface area contributed by atoms with Crippen LogP contribution in [0.3, 0.4) is 0 Å². The van der Waals surface area contributed by atoms with E-state index in [1.807, 2.05) is 0 Å². The van der Waals surface area contributed by atoms with Crippen LogP contribution in [0, 0.1) is 0 Å². The summed E-state index contributed by atoms with van der Waals surface area (Å²) in [5, 5.41) is 21.0. The summed E-state index contributed by atoms with van der Waals surface area (Å²) in [6.45, 7) is 3.86. The number of rotatable bonds is 13. The number of phosphoric acid groups is 3. The van der Waals surface area contributed by atoms with E-state index in [2.05, 4.69) is 24.9 Å². The van der Waals surface area contributed by atoms with Crippen molar-refractivity contribution in [1.82, 2.24) is 9.13 Å². The molecule has 2 heterocycles. The van der Waals surface area contributed by atoms with Gasteiger partial charge in [-0.15, -0.1) is 0 Å². The van der Waals surface area contributed by atoms with Gasteiger partial charge in [-0.25, -0.2) is 18.5 Å². The van der Waals surface area contributed by atoms with Crippen LogP contribution in [0.5, 0.6) is 0 Å². The van der Waals surface area contributed by atoms with Crippen LogP contribution in [-0.4, -0.2) is 70.6 Å². The van der Waals surface area contributed by atoms with Gasteiger partial charge in [0, 0.05) is 17.8 Å². The van der Waals surface area contributed by atoms with Crippen LogP contribution >= 0.6 is 23.5 Å². The van der Waals surface area contributed by atoms with Crippen molar-refractivity contribution >= 4 is 35.8 Å². The molecule has 1 aliphatic heterocycles. The standard InChI is InChI=1S/C22H28N3O15P3/c1-3-7-15(14-8-5-4-6-9-14)16(23-2)12-25-18(26)10-11-24(22(25)29)21-20(28)19(27)17(38-21)13-37-42(33,34)40-43(35,36)39-41(30,31)32/h3-11,17,19-21,27-28H,2,12-13H2,1H3,(H,33,34)(H,35,36)(H2,30,31,32)/b7-3-,16-15+/t17-,19?,20?,21-/m1/s1. The van der Waals surface area contributed by atoms with Crippen LogP contribution < -0.4 is 11.2 Å². The molecule has 4 unspecified atom stereocenters. The molecule has 18 nitrogen and oxygen atoms in total. The molecule has 1 aromatic carbocycles. The first-order valence-corrected chi connectivity index (χ1v) is 16.5. The Morgan fingerprint density at radius 2 is 1.67 bits per heavy atom. The first-order valence-electron chi connectivity index (χ1n) is 12.0. The molecule has 2 aromatic rings. The van der Waals surface area contributed by atoms with E-state index in [1.165, 1.54) is 0 Å². The van der Waals surface area contributed by atoms with Crippen molar-refractivity contribution in [2.45, 2.75) is 38.0 Å². The van der Waals surface area contributed by atoms with E-state index in [0.29, 0.717) is 5.57 Å². The average molecular weight is 667 g/mol. The minimum absolute atomic E-state index is 0.253. The second-order valence-corrected chi connectivity index (χ2v) is 13.2. The quantitative estimate of drug-likeness (QED) is 0.0973. The van der Waals surface area contributed by atoms with Crippen LogP contribution in [0.4, 0.5) is 0 Å². The Morgan fingerprint density at radius 1 is 1.02 bits per heavy atom. The Kier molecular flexibility index (Phi) is 11.3. The lowest BCUT2D eigenvalue weighted by Crippen LogP contribution is -2.43. The fourth-order valence-electron chi connectivity index (χ4n) is 3.95. The van der Waals surface area contributed by atoms with Crippen molar-refractivity contribution in [2.24, 2.45) is 4.99 Å². The zero-order valence-corrected chi connectivity index (χ0v) is 24.9. The van der Waals surface area contributed by atoms with Crippen molar-refractivity contribution in [3.63, 3.8) is 0 Å². The molecule has 0 bridgehead atoms. The lowest BCUT2D eigenvalue weighted by atomic mass is 10.0. The lowest BCUT2D eigenvalue weighted by Gasteiger charge is -2.20. The van der Waals surface area contributed by atoms with Crippen molar-refractivity contribution in [3.05, 3.63) is 86.8 Å². The molecule has 1 saturated heterocycles. The normalized spacial score (nSPS) is 24.3. The third kappa shape index (κ3) is 9.17. The number of aromatic nitrogens is 2. The summed E-state index contributed by atoms with van der Waals surface area (Å²) in [7, 11) is -17.0. The first-order chi connectivity index (χ1) is 20.0. The fraction of sp³-hybridized carbons (Fsp3) is 0.318. The van der Waals surface area contributed by atoms with Gasteiger partial charge in [-0.2, -0.15) is 8.62 Å². The van der Waals surface area contributed by atoms with E-state index in [-0.39, 0.29) is 12.2 Å². The molecule has 3 rings (SSSR count). The molecule has 0 aliphatic carbocycles. The number of phosphoric ester groups is 1. The maximum atomic E-state index is 13.4. The maximum absolute atomic E-state index is 13.4. The van der Waals surface area contributed by atoms with E-state index in [9.17, 15) is 43.3 Å². The lowest BCUT2D eigenvalue weighted by molar-refractivity contribution is -0.0547. The van der Waals surface area contributed by atoms with Gasteiger partial charge in [-0.05, 0) is 19.2 Å². The van der Waals surface area contributed by atoms with Crippen LogP contribution in [0.1, 0.15) is 18.7 Å². The molecule has 43 heavy (non-hydrogen) atoms. The van der Waals surface area contributed by atoms with Crippen LogP contribution in [0.15, 0.2) is 75.0 Å². The summed E-state index contributed by atoms with van der Waals surface area (Å²) in [4.78, 5) is 66.2. The molecular weight excluding hydrogens is 639 g/mol. The highest BCUT2D eigenvalue weighted by atomic mass is 31.3. The van der Waals surface area contributed by atoms with E-state index < -0.39 is 65.9 Å². The largest absolute Gasteiger partial charge is 0.490 e. The average Bonchev–Trinajstić information content (AvgIpc) is 3.18. The van der Waals surface area contributed by atoms with E-state index >= 15 is 0 Å². The first kappa shape index (κ1) is 34.8. The molecule has 1 aliphatic rings. The third-order valence-electron chi connectivity index (χ3n) is 5.75. The Morgan fingerprint density at radius 3 is 2.26 bits per heavy atom. The number of aliphatic hydroxyl groups is 2. The van der Waals surface area contributed by atoms with E-state index in [0.717, 1.165) is 27.0 Å². The molecule has 6 atom stereocenters. The maximum Gasteiger partial charge on any atom is 0.490 e. The molecule has 0 amide bonds. The molecule has 1 fully saturated rings. The predicted molar refractivity (Wildman–Crippen MR) is 148 cm³/mol. The van der Waals surface area contributed by atoms with Gasteiger partial charge < -0.3 is 34.5 Å². The van der Waals surface area contributed by atoms with Gasteiger partial charge in [0.25, 0.3) is 5.56 Å². The second-order valence-electron chi connectivity index (χ2n) is 8.75. The Hall–Kier alpha value is -2.66. The Labute approximate surface area is 242 Å². The van der Waals surface area contributed by atoms with Gasteiger partial charge in [0.2, 0.25) is 0 Å². The fourth-order valence-corrected chi connectivity index (χ4v) is 6.98. The molecule has 0 saturated carbocycles. The molecule has 1 aromatic heterocycles. The van der Waals surface area contributed by atoms with Crippen molar-refractivity contribution in [3.8, 4) is 0 Å². The van der Waals surface area contributed by atoms with Crippen molar-refractivity contribution in [1.29, 1.82) is 0 Å². The number of hydrogen-bond acceptors (Lipinski definition) is 12. The minimum Gasteiger partial charge on any atom is -0.387 e. The number of benzene rings is 1. The van der Waals surface area contributed by atoms with Gasteiger partial charge in [0.05, 0.1) is 18.8 Å². The summed E-state index contributed by atoms with van der Waals surface area (Å²) in [5.74, 6) is 0. The molecule has 236 valence electrons. The summed E-state index contributed by atoms with van der Waals surface area (Å²) in [6, 6.07) is 9.94. The zero-order chi connectivity index (χ0) is 32.2. The van der Waals surface area contributed by atoms with Crippen LogP contribution in [0.2, 0.25) is 0 Å². The molecule has 21 heteroatoms. The smallest absolute Gasteiger partial charge is 0.387 e. The third-order valence-corrected chi connectivity index (χ3v) is 9.56. The molecule has 6 N–H and O–H groups in total. The highest BCUT2D eigenvalue weighted by Gasteiger charge is 2.47. The SMILES string of the molecule is C=N/C(Cn1c(=O)ccn([C@@H]2O[C@H](COP(=O)(O)OP(=O)(O)OP(=O)(O)O)C(O)C2O)c1=O)=C(\C=C/C)c1ccccc1. The summed E-state index contributed by atoms with van der Waals surface area (Å²) >= 11 is 0. The number of ether oxygens (including phenoxy) is 1. The summed E-state index contributed by atoms with van der Waals surface area (Å²) in [5.41, 5.74) is -0.190. The number of allylic oxidation sites excluding steroid dienone is 4. The monoisotopic (exact) mass is 667 g/mol. The van der Waals surface area contributed by atoms with Gasteiger partial charge in [-0.1, -0.05) is 42.5 Å². The van der Waals surface area contributed by atoms with E-state index in [1.54, 1.807) is 49.4 Å². The van der Waals surface area contributed by atoms with Gasteiger partial charge in [0.15, 0.2) is 6.23 Å². The predicted octanol–water partition coefficient (Wildman–Crippen LogP) is 0.660. The van der Waals surface area contributed by atoms with E-state index in [4.69, 9.17) is 14.5 Å². The highest BCUT2D eigenvalue weighted by Crippen LogP contribution is 2.66. The Balaban J connectivity index is 1.86. The minimum atomic E-state index is -5.80. The zero-order valence-electron chi connectivity index (χ0n) is 22.2. The summed E-state index contributed by atoms with van der Waals surface area (Å²) < 4.78 is 52.9. The molecule has 0 radical (unpaired) electrons. The van der Waals surface area contributed by atoms with Crippen molar-refractivity contribution in [2.75, 3.05) is 6.61 Å². The van der Waals surface area contributed by atoms with Gasteiger partial charge in [-0.3, -0.25) is 23.4 Å². The number of aliphatic hydroxyl groups excluding tert-OH is 2. The topological polar surface area (TPSA) is 266 Å².